The fourth-order valence-corrected chi connectivity index (χ4v) is 3.22. The summed E-state index contributed by atoms with van der Waals surface area (Å²) in [5.41, 5.74) is 0.873. The Kier molecular flexibility index (Phi) is 3.28. The zero-order valence-corrected chi connectivity index (χ0v) is 12.4. The third-order valence-corrected chi connectivity index (χ3v) is 4.23. The number of nitrogens with zero attached hydrogens (tertiary/aromatic N) is 1. The number of hydrogen-bond donors (Lipinski definition) is 1. The molecule has 20 heavy (non-hydrogen) atoms. The highest BCUT2D eigenvalue weighted by Crippen LogP contribution is 2.26. The molecule has 1 aromatic heterocycles. The van der Waals surface area contributed by atoms with E-state index in [4.69, 9.17) is 6.42 Å². The standard InChI is InChI=1S/C12H12N2O4S2/c1-4-9-7-10-5-6-14(20(3,17)18)12(10)8-11(9)13-19(2,15)16/h1,5-8,13H,2-3H3. The molecule has 0 aliphatic rings. The maximum atomic E-state index is 11.6. The minimum atomic E-state index is -3.51. The number of hydrogen-bond acceptors (Lipinski definition) is 4. The van der Waals surface area contributed by atoms with Gasteiger partial charge in [-0.15, -0.1) is 6.42 Å². The lowest BCUT2D eigenvalue weighted by Gasteiger charge is -2.09. The predicted octanol–water partition coefficient (Wildman–Crippen LogP) is 0.802. The molecule has 0 saturated carbocycles. The molecule has 0 fully saturated rings. The van der Waals surface area contributed by atoms with Crippen molar-refractivity contribution in [3.05, 3.63) is 30.0 Å². The molecule has 8 heteroatoms. The van der Waals surface area contributed by atoms with Crippen LogP contribution in [-0.4, -0.2) is 33.3 Å². The molecule has 6 nitrogen and oxygen atoms in total. The molecule has 1 N–H and O–H groups in total. The molecule has 1 heterocycles. The van der Waals surface area contributed by atoms with Crippen LogP contribution < -0.4 is 4.72 Å². The molecule has 0 amide bonds. The average Bonchev–Trinajstić information content (AvgIpc) is 2.67. The van der Waals surface area contributed by atoms with Crippen molar-refractivity contribution in [2.24, 2.45) is 0 Å². The first kappa shape index (κ1) is 14.4. The SMILES string of the molecule is C#Cc1cc2ccn(S(C)(=O)=O)c2cc1NS(C)(=O)=O. The molecular formula is C12H12N2O4S2. The maximum Gasteiger partial charge on any atom is 0.236 e. The van der Waals surface area contributed by atoms with Crippen LogP contribution in [0, 0.1) is 12.3 Å². The summed E-state index contributed by atoms with van der Waals surface area (Å²) in [6.45, 7) is 0. The first-order chi connectivity index (χ1) is 9.12. The molecule has 0 radical (unpaired) electrons. The molecule has 0 aliphatic heterocycles. The smallest absolute Gasteiger partial charge is 0.236 e. The fourth-order valence-electron chi connectivity index (χ4n) is 1.85. The average molecular weight is 312 g/mol. The number of terminal acetylenes is 1. The van der Waals surface area contributed by atoms with E-state index in [1.807, 2.05) is 0 Å². The van der Waals surface area contributed by atoms with Gasteiger partial charge in [-0.2, -0.15) is 0 Å². The van der Waals surface area contributed by atoms with Crippen molar-refractivity contribution in [1.82, 2.24) is 3.97 Å². The lowest BCUT2D eigenvalue weighted by atomic mass is 10.1. The summed E-state index contributed by atoms with van der Waals surface area (Å²) in [6.07, 6.45) is 8.79. The first-order valence-corrected chi connectivity index (χ1v) is 9.16. The number of sulfonamides is 1. The van der Waals surface area contributed by atoms with E-state index in [1.54, 1.807) is 12.1 Å². The highest BCUT2D eigenvalue weighted by molar-refractivity contribution is 7.92. The van der Waals surface area contributed by atoms with E-state index in [1.165, 1.54) is 12.3 Å². The number of nitrogens with one attached hydrogen (secondary N) is 1. The van der Waals surface area contributed by atoms with Gasteiger partial charge in [-0.1, -0.05) is 5.92 Å². The van der Waals surface area contributed by atoms with Crippen LogP contribution >= 0.6 is 0 Å². The summed E-state index contributed by atoms with van der Waals surface area (Å²) in [7, 11) is -6.99. The van der Waals surface area contributed by atoms with Crippen LogP contribution in [0.4, 0.5) is 5.69 Å². The van der Waals surface area contributed by atoms with Crippen molar-refractivity contribution >= 4 is 36.6 Å². The summed E-state index contributed by atoms with van der Waals surface area (Å²) < 4.78 is 49.3. The Morgan fingerprint density at radius 3 is 2.35 bits per heavy atom. The zero-order valence-electron chi connectivity index (χ0n) is 10.8. The summed E-state index contributed by atoms with van der Waals surface area (Å²) >= 11 is 0. The molecule has 0 bridgehead atoms. The van der Waals surface area contributed by atoms with E-state index in [0.717, 1.165) is 16.5 Å². The van der Waals surface area contributed by atoms with Crippen molar-refractivity contribution < 1.29 is 16.8 Å². The quantitative estimate of drug-likeness (QED) is 0.850. The Balaban J connectivity index is 2.79. The molecule has 0 spiro atoms. The van der Waals surface area contributed by atoms with Gasteiger partial charge < -0.3 is 0 Å². The zero-order chi connectivity index (χ0) is 15.1. The number of rotatable bonds is 3. The summed E-state index contributed by atoms with van der Waals surface area (Å²) in [4.78, 5) is 0. The van der Waals surface area contributed by atoms with Gasteiger partial charge in [0.1, 0.15) is 0 Å². The molecule has 0 unspecified atom stereocenters. The Bertz CT molecular complexity index is 932. The summed E-state index contributed by atoms with van der Waals surface area (Å²) in [5, 5.41) is 0.613. The first-order valence-electron chi connectivity index (χ1n) is 5.42. The summed E-state index contributed by atoms with van der Waals surface area (Å²) in [5.74, 6) is 2.37. The van der Waals surface area contributed by atoms with E-state index >= 15 is 0 Å². The van der Waals surface area contributed by atoms with Gasteiger partial charge in [0, 0.05) is 17.1 Å². The van der Waals surface area contributed by atoms with Crippen molar-refractivity contribution in [2.75, 3.05) is 17.2 Å². The number of benzene rings is 1. The molecule has 0 atom stereocenters. The number of anilines is 1. The minimum absolute atomic E-state index is 0.172. The van der Waals surface area contributed by atoms with Crippen molar-refractivity contribution in [2.45, 2.75) is 0 Å². The fraction of sp³-hybridized carbons (Fsp3) is 0.167. The second-order valence-corrected chi connectivity index (χ2v) is 7.96. The molecule has 106 valence electrons. The molecule has 2 rings (SSSR count). The van der Waals surface area contributed by atoms with Gasteiger partial charge in [0.2, 0.25) is 20.0 Å². The lowest BCUT2D eigenvalue weighted by Crippen LogP contribution is -2.12. The Hall–Kier alpha value is -1.98. The molecule has 0 aliphatic carbocycles. The highest BCUT2D eigenvalue weighted by atomic mass is 32.2. The van der Waals surface area contributed by atoms with Gasteiger partial charge in [-0.05, 0) is 18.2 Å². The van der Waals surface area contributed by atoms with Gasteiger partial charge in [-0.3, -0.25) is 4.72 Å². The van der Waals surface area contributed by atoms with Gasteiger partial charge in [0.15, 0.2) is 0 Å². The third kappa shape index (κ3) is 2.79. The number of aromatic nitrogens is 1. The van der Waals surface area contributed by atoms with E-state index < -0.39 is 20.0 Å². The molecule has 2 aromatic rings. The van der Waals surface area contributed by atoms with E-state index in [2.05, 4.69) is 10.6 Å². The Morgan fingerprint density at radius 1 is 1.20 bits per heavy atom. The highest BCUT2D eigenvalue weighted by Gasteiger charge is 2.14. The minimum Gasteiger partial charge on any atom is -0.282 e. The van der Waals surface area contributed by atoms with Crippen LogP contribution in [0.1, 0.15) is 5.56 Å². The van der Waals surface area contributed by atoms with Crippen LogP contribution in [0.15, 0.2) is 24.4 Å². The predicted molar refractivity (Wildman–Crippen MR) is 78.6 cm³/mol. The summed E-state index contributed by atoms with van der Waals surface area (Å²) in [6, 6.07) is 4.57. The van der Waals surface area contributed by atoms with Gasteiger partial charge in [0.25, 0.3) is 0 Å². The van der Waals surface area contributed by atoms with Crippen LogP contribution in [0.2, 0.25) is 0 Å². The topological polar surface area (TPSA) is 85.2 Å². The van der Waals surface area contributed by atoms with Crippen molar-refractivity contribution in [3.8, 4) is 12.3 Å². The molecular weight excluding hydrogens is 300 g/mol. The lowest BCUT2D eigenvalue weighted by molar-refractivity contribution is 0.595. The van der Waals surface area contributed by atoms with Gasteiger partial charge >= 0.3 is 0 Å². The van der Waals surface area contributed by atoms with Crippen molar-refractivity contribution in [1.29, 1.82) is 0 Å². The van der Waals surface area contributed by atoms with Crippen LogP contribution in [0.3, 0.4) is 0 Å². The van der Waals surface area contributed by atoms with E-state index in [9.17, 15) is 16.8 Å². The van der Waals surface area contributed by atoms with Gasteiger partial charge in [-0.25, -0.2) is 20.8 Å². The largest absolute Gasteiger partial charge is 0.282 e. The normalized spacial score (nSPS) is 12.2. The monoisotopic (exact) mass is 312 g/mol. The number of fused-ring (bicyclic) bond motifs is 1. The second-order valence-electron chi connectivity index (χ2n) is 4.35. The van der Waals surface area contributed by atoms with Crippen LogP contribution in [0.25, 0.3) is 10.9 Å². The Labute approximate surface area is 117 Å². The van der Waals surface area contributed by atoms with E-state index in [0.29, 0.717) is 16.5 Å². The Morgan fingerprint density at radius 2 is 1.85 bits per heavy atom. The molecule has 1 aromatic carbocycles. The maximum absolute atomic E-state index is 11.6. The van der Waals surface area contributed by atoms with Gasteiger partial charge in [0.05, 0.1) is 23.7 Å². The van der Waals surface area contributed by atoms with Crippen molar-refractivity contribution in [3.63, 3.8) is 0 Å². The van der Waals surface area contributed by atoms with Crippen LogP contribution in [0.5, 0.6) is 0 Å². The van der Waals surface area contributed by atoms with E-state index in [-0.39, 0.29) is 5.69 Å². The third-order valence-electron chi connectivity index (χ3n) is 2.60. The molecule has 0 saturated heterocycles. The van der Waals surface area contributed by atoms with Crippen LogP contribution in [-0.2, 0) is 20.0 Å². The second kappa shape index (κ2) is 4.54.